The lowest BCUT2D eigenvalue weighted by molar-refractivity contribution is 0.351. The molecule has 0 saturated heterocycles. The molecule has 1 unspecified atom stereocenters. The van der Waals surface area contributed by atoms with Crippen LogP contribution in [-0.2, 0) is 6.42 Å². The molecule has 0 aliphatic carbocycles. The molecule has 2 N–H and O–H groups in total. The summed E-state index contributed by atoms with van der Waals surface area (Å²) in [5.74, 6) is 1.73. The van der Waals surface area contributed by atoms with Crippen LogP contribution in [0.1, 0.15) is 28.3 Å². The Labute approximate surface area is 133 Å². The molecule has 0 spiro atoms. The molecule has 0 aromatic heterocycles. The number of nitrogens with two attached hydrogens (primary N) is 1. The van der Waals surface area contributed by atoms with Crippen LogP contribution >= 0.6 is 15.9 Å². The number of hydrogen-bond acceptors (Lipinski definition) is 3. The first-order valence-electron chi connectivity index (χ1n) is 6.95. The van der Waals surface area contributed by atoms with E-state index in [4.69, 9.17) is 15.2 Å². The summed E-state index contributed by atoms with van der Waals surface area (Å²) in [4.78, 5) is 0. The summed E-state index contributed by atoms with van der Waals surface area (Å²) in [5, 5.41) is 0. The van der Waals surface area contributed by atoms with E-state index in [2.05, 4.69) is 35.0 Å². The second kappa shape index (κ2) is 5.70. The van der Waals surface area contributed by atoms with Gasteiger partial charge in [-0.15, -0.1) is 0 Å². The van der Waals surface area contributed by atoms with E-state index in [9.17, 15) is 0 Å². The van der Waals surface area contributed by atoms with Gasteiger partial charge in [0.25, 0.3) is 0 Å². The fraction of sp³-hybridized carbons (Fsp3) is 0.294. The lowest BCUT2D eigenvalue weighted by Crippen LogP contribution is -2.14. The van der Waals surface area contributed by atoms with Crippen molar-refractivity contribution in [3.63, 3.8) is 0 Å². The predicted molar refractivity (Wildman–Crippen MR) is 87.1 cm³/mol. The van der Waals surface area contributed by atoms with Gasteiger partial charge in [0, 0.05) is 22.0 Å². The van der Waals surface area contributed by atoms with Gasteiger partial charge in [-0.3, -0.25) is 0 Å². The number of methoxy groups -OCH3 is 1. The van der Waals surface area contributed by atoms with Gasteiger partial charge in [-0.25, -0.2) is 0 Å². The Hall–Kier alpha value is -1.52. The molecule has 0 fully saturated rings. The van der Waals surface area contributed by atoms with E-state index in [1.807, 2.05) is 18.2 Å². The van der Waals surface area contributed by atoms with Gasteiger partial charge < -0.3 is 15.2 Å². The van der Waals surface area contributed by atoms with E-state index < -0.39 is 0 Å². The molecule has 0 radical (unpaired) electrons. The van der Waals surface area contributed by atoms with Crippen molar-refractivity contribution in [1.82, 2.24) is 0 Å². The summed E-state index contributed by atoms with van der Waals surface area (Å²) < 4.78 is 12.3. The van der Waals surface area contributed by atoms with Gasteiger partial charge in [0.2, 0.25) is 0 Å². The minimum absolute atomic E-state index is 0.274. The highest BCUT2D eigenvalue weighted by Crippen LogP contribution is 2.39. The van der Waals surface area contributed by atoms with Crippen LogP contribution in [0.15, 0.2) is 34.8 Å². The standard InChI is InChI=1S/C17H18BrNO2/c1-10-3-4-15(20-2)13(7-10)16(19)14-9-12(18)8-11-5-6-21-17(11)14/h3-4,7-9,16H,5-6,19H2,1-2H3. The second-order valence-corrected chi connectivity index (χ2v) is 6.22. The van der Waals surface area contributed by atoms with Crippen LogP contribution in [0, 0.1) is 6.92 Å². The van der Waals surface area contributed by atoms with Crippen LogP contribution in [0.5, 0.6) is 11.5 Å². The molecule has 0 amide bonds. The molecular formula is C17H18BrNO2. The fourth-order valence-electron chi connectivity index (χ4n) is 2.79. The van der Waals surface area contributed by atoms with E-state index in [1.54, 1.807) is 7.11 Å². The van der Waals surface area contributed by atoms with E-state index in [-0.39, 0.29) is 6.04 Å². The van der Waals surface area contributed by atoms with Gasteiger partial charge in [0.15, 0.2) is 0 Å². The number of rotatable bonds is 3. The highest BCUT2D eigenvalue weighted by atomic mass is 79.9. The normalized spacial score (nSPS) is 14.5. The van der Waals surface area contributed by atoms with E-state index in [0.717, 1.165) is 45.7 Å². The Bertz CT molecular complexity index is 685. The summed E-state index contributed by atoms with van der Waals surface area (Å²) in [6.45, 7) is 2.77. The van der Waals surface area contributed by atoms with Gasteiger partial charge in [-0.05, 0) is 30.7 Å². The Kier molecular flexibility index (Phi) is 3.91. The van der Waals surface area contributed by atoms with Crippen LogP contribution in [0.25, 0.3) is 0 Å². The van der Waals surface area contributed by atoms with Crippen LogP contribution in [0.4, 0.5) is 0 Å². The van der Waals surface area contributed by atoms with Gasteiger partial charge in [-0.2, -0.15) is 0 Å². The Morgan fingerprint density at radius 3 is 2.81 bits per heavy atom. The second-order valence-electron chi connectivity index (χ2n) is 5.30. The topological polar surface area (TPSA) is 44.5 Å². The summed E-state index contributed by atoms with van der Waals surface area (Å²) in [5.41, 5.74) is 10.9. The Balaban J connectivity index is 2.11. The van der Waals surface area contributed by atoms with Crippen molar-refractivity contribution in [3.05, 3.63) is 57.1 Å². The zero-order valence-electron chi connectivity index (χ0n) is 12.2. The summed E-state index contributed by atoms with van der Waals surface area (Å²) >= 11 is 3.56. The van der Waals surface area contributed by atoms with Crippen molar-refractivity contribution in [2.24, 2.45) is 5.73 Å². The number of aryl methyl sites for hydroxylation is 1. The molecule has 0 saturated carbocycles. The Morgan fingerprint density at radius 2 is 2.05 bits per heavy atom. The highest BCUT2D eigenvalue weighted by Gasteiger charge is 2.24. The van der Waals surface area contributed by atoms with Gasteiger partial charge in [0.05, 0.1) is 19.8 Å². The van der Waals surface area contributed by atoms with Crippen molar-refractivity contribution in [2.45, 2.75) is 19.4 Å². The number of fused-ring (bicyclic) bond motifs is 1. The molecule has 1 heterocycles. The quantitative estimate of drug-likeness (QED) is 0.919. The predicted octanol–water partition coefficient (Wildman–Crippen LogP) is 3.75. The average Bonchev–Trinajstić information content (AvgIpc) is 2.93. The van der Waals surface area contributed by atoms with E-state index in [0.29, 0.717) is 0 Å². The summed E-state index contributed by atoms with van der Waals surface area (Å²) in [7, 11) is 1.67. The number of hydrogen-bond donors (Lipinski definition) is 1. The van der Waals surface area contributed by atoms with Crippen molar-refractivity contribution in [1.29, 1.82) is 0 Å². The van der Waals surface area contributed by atoms with Gasteiger partial charge in [-0.1, -0.05) is 33.6 Å². The SMILES string of the molecule is COc1ccc(C)cc1C(N)c1cc(Br)cc2c1OCC2. The van der Waals surface area contributed by atoms with Crippen molar-refractivity contribution in [2.75, 3.05) is 13.7 Å². The molecule has 2 aromatic rings. The molecule has 1 aliphatic rings. The van der Waals surface area contributed by atoms with Crippen molar-refractivity contribution in [3.8, 4) is 11.5 Å². The number of halogens is 1. The third kappa shape index (κ3) is 2.65. The first-order chi connectivity index (χ1) is 10.1. The van der Waals surface area contributed by atoms with Crippen molar-refractivity contribution < 1.29 is 9.47 Å². The molecule has 3 nitrogen and oxygen atoms in total. The highest BCUT2D eigenvalue weighted by molar-refractivity contribution is 9.10. The maximum absolute atomic E-state index is 6.52. The van der Waals surface area contributed by atoms with Crippen LogP contribution in [-0.4, -0.2) is 13.7 Å². The average molecular weight is 348 g/mol. The third-order valence-electron chi connectivity index (χ3n) is 3.83. The molecule has 2 aromatic carbocycles. The molecule has 3 rings (SSSR count). The first-order valence-corrected chi connectivity index (χ1v) is 7.74. The zero-order valence-corrected chi connectivity index (χ0v) is 13.7. The lowest BCUT2D eigenvalue weighted by Gasteiger charge is -2.19. The molecule has 1 aliphatic heterocycles. The zero-order chi connectivity index (χ0) is 15.0. The lowest BCUT2D eigenvalue weighted by atomic mass is 9.95. The Morgan fingerprint density at radius 1 is 1.24 bits per heavy atom. The van der Waals surface area contributed by atoms with Gasteiger partial charge >= 0.3 is 0 Å². The molecule has 4 heteroatoms. The minimum atomic E-state index is -0.274. The monoisotopic (exact) mass is 347 g/mol. The minimum Gasteiger partial charge on any atom is -0.496 e. The smallest absolute Gasteiger partial charge is 0.127 e. The summed E-state index contributed by atoms with van der Waals surface area (Å²) in [6, 6.07) is 9.93. The third-order valence-corrected chi connectivity index (χ3v) is 4.29. The molecule has 0 bridgehead atoms. The molecular weight excluding hydrogens is 330 g/mol. The van der Waals surface area contributed by atoms with Gasteiger partial charge in [0.1, 0.15) is 11.5 Å². The van der Waals surface area contributed by atoms with Crippen LogP contribution < -0.4 is 15.2 Å². The molecule has 110 valence electrons. The number of ether oxygens (including phenoxy) is 2. The van der Waals surface area contributed by atoms with E-state index >= 15 is 0 Å². The first kappa shape index (κ1) is 14.4. The fourth-order valence-corrected chi connectivity index (χ4v) is 3.32. The van der Waals surface area contributed by atoms with Crippen molar-refractivity contribution >= 4 is 15.9 Å². The maximum atomic E-state index is 6.52. The van der Waals surface area contributed by atoms with Crippen LogP contribution in [0.3, 0.4) is 0 Å². The number of benzene rings is 2. The van der Waals surface area contributed by atoms with E-state index in [1.165, 1.54) is 5.56 Å². The molecule has 21 heavy (non-hydrogen) atoms. The van der Waals surface area contributed by atoms with Crippen LogP contribution in [0.2, 0.25) is 0 Å². The summed E-state index contributed by atoms with van der Waals surface area (Å²) in [6.07, 6.45) is 0.930. The largest absolute Gasteiger partial charge is 0.496 e. The molecule has 1 atom stereocenters. The maximum Gasteiger partial charge on any atom is 0.127 e.